The Labute approximate surface area is 128 Å². The van der Waals surface area contributed by atoms with Crippen molar-refractivity contribution >= 4 is 0 Å². The van der Waals surface area contributed by atoms with Crippen LogP contribution in [0.15, 0.2) is 48.5 Å². The van der Waals surface area contributed by atoms with Crippen LogP contribution < -0.4 is 5.32 Å². The van der Waals surface area contributed by atoms with Gasteiger partial charge < -0.3 is 5.32 Å². The third kappa shape index (κ3) is 2.89. The quantitative estimate of drug-likeness (QED) is 0.825. The zero-order valence-corrected chi connectivity index (χ0v) is 13.1. The first-order chi connectivity index (χ1) is 10.3. The molecule has 1 heteroatoms. The molecule has 0 radical (unpaired) electrons. The van der Waals surface area contributed by atoms with Crippen molar-refractivity contribution in [2.45, 2.75) is 51.6 Å². The molecule has 0 saturated carbocycles. The van der Waals surface area contributed by atoms with Gasteiger partial charge in [-0.05, 0) is 41.5 Å². The van der Waals surface area contributed by atoms with E-state index in [2.05, 4.69) is 67.7 Å². The van der Waals surface area contributed by atoms with Gasteiger partial charge in [-0.1, -0.05) is 68.8 Å². The Morgan fingerprint density at radius 2 is 1.52 bits per heavy atom. The van der Waals surface area contributed by atoms with Crippen LogP contribution >= 0.6 is 0 Å². The van der Waals surface area contributed by atoms with Crippen molar-refractivity contribution in [3.63, 3.8) is 0 Å². The van der Waals surface area contributed by atoms with Gasteiger partial charge in [-0.3, -0.25) is 0 Å². The van der Waals surface area contributed by atoms with Crippen molar-refractivity contribution in [1.29, 1.82) is 0 Å². The summed E-state index contributed by atoms with van der Waals surface area (Å²) in [5.41, 5.74) is 5.87. The molecule has 1 N–H and O–H groups in total. The van der Waals surface area contributed by atoms with E-state index in [-0.39, 0.29) is 0 Å². The normalized spacial score (nSPS) is 15.3. The summed E-state index contributed by atoms with van der Waals surface area (Å²) in [6.07, 6.45) is 4.74. The van der Waals surface area contributed by atoms with Gasteiger partial charge in [0.05, 0.1) is 6.04 Å². The molecule has 1 atom stereocenters. The van der Waals surface area contributed by atoms with Gasteiger partial charge >= 0.3 is 0 Å². The van der Waals surface area contributed by atoms with Gasteiger partial charge in [-0.2, -0.15) is 0 Å². The number of hydrogen-bond acceptors (Lipinski definition) is 1. The summed E-state index contributed by atoms with van der Waals surface area (Å²) < 4.78 is 0. The summed E-state index contributed by atoms with van der Waals surface area (Å²) in [5.74, 6) is 0. The lowest BCUT2D eigenvalue weighted by Gasteiger charge is -2.32. The molecule has 2 aromatic carbocycles. The Balaban J connectivity index is 1.98. The lowest BCUT2D eigenvalue weighted by atomic mass is 9.82. The minimum Gasteiger partial charge on any atom is -0.303 e. The maximum atomic E-state index is 3.92. The molecule has 3 rings (SSSR count). The highest BCUT2D eigenvalue weighted by atomic mass is 15.0. The lowest BCUT2D eigenvalue weighted by molar-refractivity contribution is 0.425. The Morgan fingerprint density at radius 3 is 2.05 bits per heavy atom. The fourth-order valence-corrected chi connectivity index (χ4v) is 3.50. The van der Waals surface area contributed by atoms with E-state index in [1.165, 1.54) is 41.5 Å². The van der Waals surface area contributed by atoms with Gasteiger partial charge in [0.1, 0.15) is 0 Å². The van der Waals surface area contributed by atoms with Crippen molar-refractivity contribution in [2.75, 3.05) is 0 Å². The van der Waals surface area contributed by atoms with E-state index in [1.807, 2.05) is 0 Å². The fraction of sp³-hybridized carbons (Fsp3) is 0.400. The second-order valence-corrected chi connectivity index (χ2v) is 6.07. The molecule has 0 spiro atoms. The Bertz CT molecular complexity index is 557. The van der Waals surface area contributed by atoms with E-state index in [9.17, 15) is 0 Å². The Hall–Kier alpha value is -1.60. The minimum absolute atomic E-state index is 0.350. The molecule has 21 heavy (non-hydrogen) atoms. The van der Waals surface area contributed by atoms with Crippen molar-refractivity contribution in [1.82, 2.24) is 5.32 Å². The molecule has 0 heterocycles. The monoisotopic (exact) mass is 279 g/mol. The maximum Gasteiger partial charge on any atom is 0.0584 e. The van der Waals surface area contributed by atoms with Crippen molar-refractivity contribution in [3.8, 4) is 0 Å². The predicted octanol–water partition coefficient (Wildman–Crippen LogP) is 4.85. The van der Waals surface area contributed by atoms with Gasteiger partial charge in [-0.25, -0.2) is 0 Å². The fourth-order valence-electron chi connectivity index (χ4n) is 3.50. The second kappa shape index (κ2) is 6.44. The van der Waals surface area contributed by atoms with Crippen LogP contribution in [0, 0.1) is 0 Å². The molecule has 0 fully saturated rings. The summed E-state index contributed by atoms with van der Waals surface area (Å²) in [5, 5.41) is 3.92. The first-order valence-corrected chi connectivity index (χ1v) is 8.25. The SMILES string of the molecule is CCCC(CC)NC1c2ccccc2Cc2ccccc21. The highest BCUT2D eigenvalue weighted by Crippen LogP contribution is 2.35. The van der Waals surface area contributed by atoms with Gasteiger partial charge in [-0.15, -0.1) is 0 Å². The number of benzene rings is 2. The average Bonchev–Trinajstić information content (AvgIpc) is 2.53. The van der Waals surface area contributed by atoms with E-state index >= 15 is 0 Å². The van der Waals surface area contributed by atoms with Crippen molar-refractivity contribution in [3.05, 3.63) is 70.8 Å². The van der Waals surface area contributed by atoms with Crippen LogP contribution in [0.5, 0.6) is 0 Å². The van der Waals surface area contributed by atoms with Crippen LogP contribution in [0.25, 0.3) is 0 Å². The molecule has 1 nitrogen and oxygen atoms in total. The third-order valence-electron chi connectivity index (χ3n) is 4.65. The standard InChI is InChI=1S/C20H25N/c1-3-9-17(4-2)21-20-18-12-7-5-10-15(18)14-16-11-6-8-13-19(16)20/h5-8,10-13,17,20-21H,3-4,9,14H2,1-2H3. The topological polar surface area (TPSA) is 12.0 Å². The van der Waals surface area contributed by atoms with Gasteiger partial charge in [0.2, 0.25) is 0 Å². The van der Waals surface area contributed by atoms with E-state index in [0.717, 1.165) is 6.42 Å². The largest absolute Gasteiger partial charge is 0.303 e. The molecule has 110 valence electrons. The molecular weight excluding hydrogens is 254 g/mol. The van der Waals surface area contributed by atoms with Gasteiger partial charge in [0.25, 0.3) is 0 Å². The van der Waals surface area contributed by atoms with E-state index in [1.54, 1.807) is 0 Å². The summed E-state index contributed by atoms with van der Waals surface area (Å²) in [7, 11) is 0. The summed E-state index contributed by atoms with van der Waals surface area (Å²) >= 11 is 0. The number of hydrogen-bond donors (Lipinski definition) is 1. The first kappa shape index (κ1) is 14.3. The first-order valence-electron chi connectivity index (χ1n) is 8.25. The molecule has 1 aliphatic rings. The average molecular weight is 279 g/mol. The van der Waals surface area contributed by atoms with Gasteiger partial charge in [0, 0.05) is 6.04 Å². The summed E-state index contributed by atoms with van der Waals surface area (Å²) in [6.45, 7) is 4.56. The third-order valence-corrected chi connectivity index (χ3v) is 4.65. The molecule has 0 aliphatic heterocycles. The molecule has 0 aromatic heterocycles. The summed E-state index contributed by atoms with van der Waals surface area (Å²) in [4.78, 5) is 0. The van der Waals surface area contributed by atoms with Crippen LogP contribution in [-0.2, 0) is 6.42 Å². The van der Waals surface area contributed by atoms with Crippen LogP contribution in [0.1, 0.15) is 61.4 Å². The van der Waals surface area contributed by atoms with Gasteiger partial charge in [0.15, 0.2) is 0 Å². The Morgan fingerprint density at radius 1 is 0.952 bits per heavy atom. The second-order valence-electron chi connectivity index (χ2n) is 6.07. The van der Waals surface area contributed by atoms with Crippen LogP contribution in [0.3, 0.4) is 0 Å². The Kier molecular flexibility index (Phi) is 4.40. The minimum atomic E-state index is 0.350. The van der Waals surface area contributed by atoms with Crippen LogP contribution in [-0.4, -0.2) is 6.04 Å². The lowest BCUT2D eigenvalue weighted by Crippen LogP contribution is -2.35. The molecule has 0 bridgehead atoms. The zero-order chi connectivity index (χ0) is 14.7. The molecule has 0 saturated heterocycles. The van der Waals surface area contributed by atoms with Crippen LogP contribution in [0.2, 0.25) is 0 Å². The maximum absolute atomic E-state index is 3.92. The van der Waals surface area contributed by atoms with E-state index in [0.29, 0.717) is 12.1 Å². The van der Waals surface area contributed by atoms with E-state index < -0.39 is 0 Å². The smallest absolute Gasteiger partial charge is 0.0584 e. The molecule has 1 aliphatic carbocycles. The van der Waals surface area contributed by atoms with Crippen molar-refractivity contribution in [2.24, 2.45) is 0 Å². The summed E-state index contributed by atoms with van der Waals surface area (Å²) in [6, 6.07) is 18.7. The highest BCUT2D eigenvalue weighted by Gasteiger charge is 2.26. The zero-order valence-electron chi connectivity index (χ0n) is 13.1. The van der Waals surface area contributed by atoms with Crippen LogP contribution in [0.4, 0.5) is 0 Å². The molecule has 0 amide bonds. The number of nitrogens with one attached hydrogen (secondary N) is 1. The van der Waals surface area contributed by atoms with E-state index in [4.69, 9.17) is 0 Å². The predicted molar refractivity (Wildman–Crippen MR) is 89.7 cm³/mol. The van der Waals surface area contributed by atoms with Crippen molar-refractivity contribution < 1.29 is 0 Å². The molecule has 2 aromatic rings. The highest BCUT2D eigenvalue weighted by molar-refractivity contribution is 5.48. The molecular formula is C20H25N. The number of fused-ring (bicyclic) bond motifs is 2. The number of rotatable bonds is 5. The molecule has 1 unspecified atom stereocenters.